The Labute approximate surface area is 198 Å². The molecule has 170 valence electrons. The maximum atomic E-state index is 13.2. The molecule has 0 unspecified atom stereocenters. The third-order valence-corrected chi connectivity index (χ3v) is 5.75. The van der Waals surface area contributed by atoms with Gasteiger partial charge in [-0.25, -0.2) is 4.39 Å². The predicted molar refractivity (Wildman–Crippen MR) is 127 cm³/mol. The normalized spacial score (nSPS) is 11.7. The van der Waals surface area contributed by atoms with Crippen LogP contribution in [0, 0.1) is 5.82 Å². The highest BCUT2D eigenvalue weighted by atomic mass is 35.5. The molecule has 0 aliphatic rings. The molecule has 32 heavy (non-hydrogen) atoms. The summed E-state index contributed by atoms with van der Waals surface area (Å²) >= 11 is 12.1. The maximum Gasteiger partial charge on any atom is 0.287 e. The number of rotatable bonds is 8. The fraction of sp³-hybridized carbons (Fsp3) is 0.320. The second-order valence-electron chi connectivity index (χ2n) is 8.66. The second kappa shape index (κ2) is 10.5. The first-order chi connectivity index (χ1) is 15.1. The van der Waals surface area contributed by atoms with Crippen LogP contribution in [-0.4, -0.2) is 22.9 Å². The van der Waals surface area contributed by atoms with Crippen LogP contribution >= 0.6 is 23.2 Å². The number of furan rings is 1. The van der Waals surface area contributed by atoms with Crippen LogP contribution in [0.1, 0.15) is 48.2 Å². The molecule has 0 fully saturated rings. The van der Waals surface area contributed by atoms with Crippen LogP contribution in [-0.2, 0) is 19.5 Å². The van der Waals surface area contributed by atoms with Crippen molar-refractivity contribution in [1.29, 1.82) is 0 Å². The summed E-state index contributed by atoms with van der Waals surface area (Å²) in [6, 6.07) is 15.3. The molecule has 3 aromatic rings. The number of benzene rings is 2. The molecule has 2 aromatic carbocycles. The van der Waals surface area contributed by atoms with Crippen LogP contribution < -0.4 is 5.32 Å². The van der Waals surface area contributed by atoms with Gasteiger partial charge in [0.2, 0.25) is 0 Å². The average Bonchev–Trinajstić information content (AvgIpc) is 3.19. The Hall–Kier alpha value is -2.34. The smallest absolute Gasteiger partial charge is 0.287 e. The van der Waals surface area contributed by atoms with E-state index in [1.54, 1.807) is 30.3 Å². The van der Waals surface area contributed by atoms with Crippen molar-refractivity contribution < 1.29 is 13.6 Å². The maximum absolute atomic E-state index is 13.2. The topological polar surface area (TPSA) is 45.5 Å². The molecule has 3 rings (SSSR count). The Morgan fingerprint density at radius 1 is 1.03 bits per heavy atom. The Morgan fingerprint density at radius 2 is 1.75 bits per heavy atom. The molecule has 4 nitrogen and oxygen atoms in total. The third-order valence-electron chi connectivity index (χ3n) is 5.16. The SMILES string of the molecule is CC(C)(C)N(Cc1ccc(F)cc1)Cc1ccc(C(=O)NCCc2ccc(Cl)cc2Cl)o1. The van der Waals surface area contributed by atoms with Crippen molar-refractivity contribution in [3.05, 3.63) is 93.1 Å². The molecule has 0 saturated heterocycles. The van der Waals surface area contributed by atoms with E-state index < -0.39 is 0 Å². The number of carbonyl (C=O) groups excluding carboxylic acids is 1. The first-order valence-electron chi connectivity index (χ1n) is 10.4. The Morgan fingerprint density at radius 3 is 2.41 bits per heavy atom. The summed E-state index contributed by atoms with van der Waals surface area (Å²) in [5, 5.41) is 4.02. The molecule has 0 aliphatic carbocycles. The van der Waals surface area contributed by atoms with Crippen molar-refractivity contribution >= 4 is 29.1 Å². The van der Waals surface area contributed by atoms with Crippen molar-refractivity contribution in [3.8, 4) is 0 Å². The summed E-state index contributed by atoms with van der Waals surface area (Å²) in [4.78, 5) is 14.7. The molecule has 0 saturated carbocycles. The van der Waals surface area contributed by atoms with E-state index >= 15 is 0 Å². The summed E-state index contributed by atoms with van der Waals surface area (Å²) in [7, 11) is 0. The molecular formula is C25H27Cl2FN2O2. The zero-order valence-corrected chi connectivity index (χ0v) is 19.9. The molecule has 7 heteroatoms. The van der Waals surface area contributed by atoms with Gasteiger partial charge in [-0.2, -0.15) is 0 Å². The zero-order valence-electron chi connectivity index (χ0n) is 18.4. The molecule has 0 bridgehead atoms. The number of nitrogens with zero attached hydrogens (tertiary/aromatic N) is 1. The van der Waals surface area contributed by atoms with Crippen LogP contribution in [0.25, 0.3) is 0 Å². The molecule has 0 spiro atoms. The Kier molecular flexibility index (Phi) is 7.99. The molecule has 0 radical (unpaired) electrons. The van der Waals surface area contributed by atoms with Gasteiger partial charge in [0.1, 0.15) is 11.6 Å². The highest BCUT2D eigenvalue weighted by Gasteiger charge is 2.23. The predicted octanol–water partition coefficient (Wildman–Crippen LogP) is 6.50. The molecular weight excluding hydrogens is 450 g/mol. The van der Waals surface area contributed by atoms with E-state index in [2.05, 4.69) is 31.0 Å². The number of hydrogen-bond acceptors (Lipinski definition) is 3. The molecule has 1 heterocycles. The van der Waals surface area contributed by atoms with Gasteiger partial charge in [-0.1, -0.05) is 41.4 Å². The quantitative estimate of drug-likeness (QED) is 0.403. The van der Waals surface area contributed by atoms with Gasteiger partial charge in [-0.05, 0) is 74.7 Å². The Bertz CT molecular complexity index is 1060. The lowest BCUT2D eigenvalue weighted by Gasteiger charge is -2.35. The van der Waals surface area contributed by atoms with E-state index in [0.29, 0.717) is 41.9 Å². The third kappa shape index (κ3) is 6.83. The van der Waals surface area contributed by atoms with Crippen LogP contribution in [0.2, 0.25) is 10.0 Å². The van der Waals surface area contributed by atoms with Crippen molar-refractivity contribution in [3.63, 3.8) is 0 Å². The number of carbonyl (C=O) groups is 1. The van der Waals surface area contributed by atoms with Gasteiger partial charge in [0.15, 0.2) is 5.76 Å². The largest absolute Gasteiger partial charge is 0.455 e. The summed E-state index contributed by atoms with van der Waals surface area (Å²) in [5.41, 5.74) is 1.77. The minimum atomic E-state index is -0.276. The van der Waals surface area contributed by atoms with Gasteiger partial charge < -0.3 is 9.73 Å². The molecule has 0 atom stereocenters. The van der Waals surface area contributed by atoms with E-state index in [0.717, 1.165) is 11.1 Å². The van der Waals surface area contributed by atoms with Crippen LogP contribution in [0.5, 0.6) is 0 Å². The number of halogens is 3. The minimum Gasteiger partial charge on any atom is -0.455 e. The minimum absolute atomic E-state index is 0.151. The van der Waals surface area contributed by atoms with Gasteiger partial charge in [-0.3, -0.25) is 9.69 Å². The lowest BCUT2D eigenvalue weighted by atomic mass is 10.0. The molecule has 1 aromatic heterocycles. The van der Waals surface area contributed by atoms with Crippen LogP contribution in [0.4, 0.5) is 4.39 Å². The second-order valence-corrected chi connectivity index (χ2v) is 9.50. The van der Waals surface area contributed by atoms with Gasteiger partial charge in [0.25, 0.3) is 5.91 Å². The Balaban J connectivity index is 1.58. The van der Waals surface area contributed by atoms with Crippen LogP contribution in [0.15, 0.2) is 59.0 Å². The lowest BCUT2D eigenvalue weighted by Crippen LogP contribution is -2.40. The highest BCUT2D eigenvalue weighted by Crippen LogP contribution is 2.23. The van der Waals surface area contributed by atoms with Gasteiger partial charge in [0, 0.05) is 28.7 Å². The van der Waals surface area contributed by atoms with E-state index in [1.165, 1.54) is 12.1 Å². The first-order valence-corrected chi connectivity index (χ1v) is 11.2. The van der Waals surface area contributed by atoms with Crippen molar-refractivity contribution in [2.45, 2.75) is 45.8 Å². The van der Waals surface area contributed by atoms with E-state index in [4.69, 9.17) is 27.6 Å². The van der Waals surface area contributed by atoms with Crippen LogP contribution in [0.3, 0.4) is 0 Å². The van der Waals surface area contributed by atoms with Gasteiger partial charge in [0.05, 0.1) is 6.54 Å². The fourth-order valence-electron chi connectivity index (χ4n) is 3.24. The van der Waals surface area contributed by atoms with Gasteiger partial charge in [-0.15, -0.1) is 0 Å². The average molecular weight is 477 g/mol. The van der Waals surface area contributed by atoms with Crippen molar-refractivity contribution in [2.75, 3.05) is 6.54 Å². The molecule has 1 amide bonds. The summed E-state index contributed by atoms with van der Waals surface area (Å²) in [6.45, 7) is 7.90. The molecule has 0 aliphatic heterocycles. The lowest BCUT2D eigenvalue weighted by molar-refractivity contribution is 0.0906. The molecule has 1 N–H and O–H groups in total. The van der Waals surface area contributed by atoms with Crippen molar-refractivity contribution in [2.24, 2.45) is 0 Å². The summed E-state index contributed by atoms with van der Waals surface area (Å²) in [5.74, 6) is 0.420. The number of hydrogen-bond donors (Lipinski definition) is 1. The van der Waals surface area contributed by atoms with E-state index in [9.17, 15) is 9.18 Å². The number of amides is 1. The van der Waals surface area contributed by atoms with E-state index in [1.807, 2.05) is 12.1 Å². The fourth-order valence-corrected chi connectivity index (χ4v) is 3.74. The monoisotopic (exact) mass is 476 g/mol. The summed E-state index contributed by atoms with van der Waals surface area (Å²) in [6.07, 6.45) is 0.588. The van der Waals surface area contributed by atoms with Gasteiger partial charge >= 0.3 is 0 Å². The zero-order chi connectivity index (χ0) is 23.3. The standard InChI is InChI=1S/C25H27Cl2FN2O2/c1-25(2,3)30(15-17-4-8-20(28)9-5-17)16-21-10-11-23(32-21)24(31)29-13-12-18-6-7-19(26)14-22(18)27/h4-11,14H,12-13,15-16H2,1-3H3,(H,29,31). The van der Waals surface area contributed by atoms with E-state index in [-0.39, 0.29) is 23.0 Å². The number of nitrogens with one attached hydrogen (secondary N) is 1. The van der Waals surface area contributed by atoms with Crippen molar-refractivity contribution in [1.82, 2.24) is 10.2 Å². The summed E-state index contributed by atoms with van der Waals surface area (Å²) < 4.78 is 19.0. The first kappa shape index (κ1) is 24.3. The highest BCUT2D eigenvalue weighted by molar-refractivity contribution is 6.35.